The number of methoxy groups -OCH3 is 1. The van der Waals surface area contributed by atoms with Gasteiger partial charge in [0.25, 0.3) is 5.91 Å². The predicted octanol–water partition coefficient (Wildman–Crippen LogP) is 2.19. The Morgan fingerprint density at radius 3 is 2.75 bits per heavy atom. The topological polar surface area (TPSA) is 70.7 Å². The van der Waals surface area contributed by atoms with Gasteiger partial charge in [0.05, 0.1) is 31.0 Å². The molecule has 3 rings (SSSR count). The maximum atomic E-state index is 12.9. The van der Waals surface area contributed by atoms with Crippen molar-refractivity contribution >= 4 is 11.9 Å². The molecule has 1 aromatic rings. The number of nitrogens with one attached hydrogen (secondary N) is 2. The third kappa shape index (κ3) is 2.96. The number of ether oxygens (including phenoxy) is 1. The van der Waals surface area contributed by atoms with Crippen molar-refractivity contribution in [1.82, 2.24) is 15.5 Å². The fourth-order valence-electron chi connectivity index (χ4n) is 3.16. The minimum Gasteiger partial charge on any atom is -0.496 e. The van der Waals surface area contributed by atoms with Gasteiger partial charge in [0.1, 0.15) is 5.75 Å². The van der Waals surface area contributed by atoms with Gasteiger partial charge in [-0.3, -0.25) is 4.79 Å². The van der Waals surface area contributed by atoms with Crippen molar-refractivity contribution in [2.75, 3.05) is 20.2 Å². The van der Waals surface area contributed by atoms with Gasteiger partial charge in [0.15, 0.2) is 0 Å². The Morgan fingerprint density at radius 2 is 2.04 bits per heavy atom. The smallest absolute Gasteiger partial charge is 0.319 e. The van der Waals surface area contributed by atoms with Crippen LogP contribution in [0, 0.1) is 5.92 Å². The van der Waals surface area contributed by atoms with E-state index in [9.17, 15) is 9.59 Å². The molecule has 0 aromatic heterocycles. The van der Waals surface area contributed by atoms with E-state index in [2.05, 4.69) is 24.5 Å². The SMILES string of the molecule is COc1ccccc1C1NC(=O)NC2=C1C(=O)N(CCC(C)C)C2. The zero-order chi connectivity index (χ0) is 17.3. The highest BCUT2D eigenvalue weighted by Crippen LogP contribution is 2.36. The first-order valence-corrected chi connectivity index (χ1v) is 8.24. The Bertz CT molecular complexity index is 697. The van der Waals surface area contributed by atoms with E-state index in [1.807, 2.05) is 24.3 Å². The molecular formula is C18H23N3O3. The van der Waals surface area contributed by atoms with Gasteiger partial charge < -0.3 is 20.3 Å². The maximum Gasteiger partial charge on any atom is 0.319 e. The number of carbonyl (C=O) groups is 2. The number of hydrogen-bond acceptors (Lipinski definition) is 3. The lowest BCUT2D eigenvalue weighted by Gasteiger charge is -2.26. The summed E-state index contributed by atoms with van der Waals surface area (Å²) in [6.45, 7) is 5.42. The van der Waals surface area contributed by atoms with Crippen LogP contribution in [0.5, 0.6) is 5.75 Å². The third-order valence-corrected chi connectivity index (χ3v) is 4.45. The monoisotopic (exact) mass is 329 g/mol. The first-order chi connectivity index (χ1) is 11.5. The van der Waals surface area contributed by atoms with Crippen LogP contribution in [0.25, 0.3) is 0 Å². The number of rotatable bonds is 5. The summed E-state index contributed by atoms with van der Waals surface area (Å²) in [7, 11) is 1.59. The molecule has 6 heteroatoms. The Hall–Kier alpha value is -2.50. The summed E-state index contributed by atoms with van der Waals surface area (Å²) in [5.74, 6) is 1.16. The number of urea groups is 1. The van der Waals surface area contributed by atoms with Crippen LogP contribution in [0.3, 0.4) is 0 Å². The van der Waals surface area contributed by atoms with E-state index in [0.717, 1.165) is 12.0 Å². The molecule has 0 saturated carbocycles. The molecule has 2 aliphatic rings. The first kappa shape index (κ1) is 16.4. The molecule has 2 heterocycles. The van der Waals surface area contributed by atoms with Gasteiger partial charge in [-0.25, -0.2) is 4.79 Å². The average molecular weight is 329 g/mol. The Labute approximate surface area is 141 Å². The fraction of sp³-hybridized carbons (Fsp3) is 0.444. The van der Waals surface area contributed by atoms with Gasteiger partial charge in [0.2, 0.25) is 0 Å². The summed E-state index contributed by atoms with van der Waals surface area (Å²) in [5, 5.41) is 5.65. The minimum absolute atomic E-state index is 0.0194. The summed E-state index contributed by atoms with van der Waals surface area (Å²) in [4.78, 5) is 26.7. The van der Waals surface area contributed by atoms with Crippen LogP contribution in [-0.4, -0.2) is 37.0 Å². The minimum atomic E-state index is -0.485. The molecule has 6 nitrogen and oxygen atoms in total. The van der Waals surface area contributed by atoms with Crippen molar-refractivity contribution in [2.45, 2.75) is 26.3 Å². The molecule has 128 valence electrons. The van der Waals surface area contributed by atoms with Crippen LogP contribution in [0.15, 0.2) is 35.5 Å². The van der Waals surface area contributed by atoms with Gasteiger partial charge in [0, 0.05) is 12.1 Å². The first-order valence-electron chi connectivity index (χ1n) is 8.24. The average Bonchev–Trinajstić information content (AvgIpc) is 2.88. The molecule has 2 N–H and O–H groups in total. The fourth-order valence-corrected chi connectivity index (χ4v) is 3.16. The Morgan fingerprint density at radius 1 is 1.29 bits per heavy atom. The lowest BCUT2D eigenvalue weighted by atomic mass is 9.95. The molecule has 1 atom stereocenters. The van der Waals surface area contributed by atoms with E-state index in [4.69, 9.17) is 4.74 Å². The highest BCUT2D eigenvalue weighted by molar-refractivity contribution is 6.01. The molecule has 0 saturated heterocycles. The second kappa shape index (κ2) is 6.55. The highest BCUT2D eigenvalue weighted by atomic mass is 16.5. The molecule has 0 aliphatic carbocycles. The summed E-state index contributed by atoms with van der Waals surface area (Å²) in [6, 6.07) is 6.68. The van der Waals surface area contributed by atoms with Gasteiger partial charge in [-0.1, -0.05) is 32.0 Å². The molecule has 0 bridgehead atoms. The zero-order valence-electron chi connectivity index (χ0n) is 14.3. The lowest BCUT2D eigenvalue weighted by molar-refractivity contribution is -0.125. The van der Waals surface area contributed by atoms with Crippen molar-refractivity contribution in [3.8, 4) is 5.75 Å². The Kier molecular flexibility index (Phi) is 4.46. The number of carbonyl (C=O) groups excluding carboxylic acids is 2. The standard InChI is InChI=1S/C18H23N3O3/c1-11(2)8-9-21-10-13-15(17(21)22)16(20-18(23)19-13)12-6-4-5-7-14(12)24-3/h4-7,11,16H,8-10H2,1-3H3,(H2,19,20,23). The van der Waals surface area contributed by atoms with Crippen LogP contribution < -0.4 is 15.4 Å². The summed E-state index contributed by atoms with van der Waals surface area (Å²) in [5.41, 5.74) is 2.10. The van der Waals surface area contributed by atoms with E-state index >= 15 is 0 Å². The summed E-state index contributed by atoms with van der Waals surface area (Å²) in [6.07, 6.45) is 0.937. The number of hydrogen-bond donors (Lipinski definition) is 2. The van der Waals surface area contributed by atoms with Crippen LogP contribution >= 0.6 is 0 Å². The zero-order valence-corrected chi connectivity index (χ0v) is 14.3. The molecule has 2 aliphatic heterocycles. The van der Waals surface area contributed by atoms with E-state index in [0.29, 0.717) is 36.0 Å². The van der Waals surface area contributed by atoms with Crippen LogP contribution in [0.1, 0.15) is 31.9 Å². The second-order valence-electron chi connectivity index (χ2n) is 6.57. The molecule has 24 heavy (non-hydrogen) atoms. The molecule has 0 spiro atoms. The molecule has 1 aromatic carbocycles. The van der Waals surface area contributed by atoms with E-state index in [-0.39, 0.29) is 11.9 Å². The number of amides is 3. The quantitative estimate of drug-likeness (QED) is 0.870. The van der Waals surface area contributed by atoms with Crippen molar-refractivity contribution in [1.29, 1.82) is 0 Å². The third-order valence-electron chi connectivity index (χ3n) is 4.45. The van der Waals surface area contributed by atoms with Crippen molar-refractivity contribution in [3.05, 3.63) is 41.1 Å². The van der Waals surface area contributed by atoms with Crippen molar-refractivity contribution < 1.29 is 14.3 Å². The maximum absolute atomic E-state index is 12.9. The van der Waals surface area contributed by atoms with Crippen LogP contribution in [0.4, 0.5) is 4.79 Å². The van der Waals surface area contributed by atoms with Gasteiger partial charge in [-0.2, -0.15) is 0 Å². The number of nitrogens with zero attached hydrogens (tertiary/aromatic N) is 1. The largest absolute Gasteiger partial charge is 0.496 e. The summed E-state index contributed by atoms with van der Waals surface area (Å²) >= 11 is 0. The van der Waals surface area contributed by atoms with Crippen molar-refractivity contribution in [3.63, 3.8) is 0 Å². The van der Waals surface area contributed by atoms with E-state index in [1.165, 1.54) is 0 Å². The number of para-hydroxylation sites is 1. The molecular weight excluding hydrogens is 306 g/mol. The van der Waals surface area contributed by atoms with Crippen LogP contribution in [-0.2, 0) is 4.79 Å². The summed E-state index contributed by atoms with van der Waals surface area (Å²) < 4.78 is 5.40. The van der Waals surface area contributed by atoms with Gasteiger partial charge >= 0.3 is 6.03 Å². The van der Waals surface area contributed by atoms with Crippen molar-refractivity contribution in [2.24, 2.45) is 5.92 Å². The van der Waals surface area contributed by atoms with Crippen LogP contribution in [0.2, 0.25) is 0 Å². The van der Waals surface area contributed by atoms with E-state index < -0.39 is 6.04 Å². The molecule has 0 radical (unpaired) electrons. The number of benzene rings is 1. The highest BCUT2D eigenvalue weighted by Gasteiger charge is 2.40. The molecule has 3 amide bonds. The second-order valence-corrected chi connectivity index (χ2v) is 6.57. The molecule has 0 fully saturated rings. The normalized spacial score (nSPS) is 20.2. The lowest BCUT2D eigenvalue weighted by Crippen LogP contribution is -2.44. The Balaban J connectivity index is 1.92. The van der Waals surface area contributed by atoms with Gasteiger partial charge in [-0.05, 0) is 18.4 Å². The van der Waals surface area contributed by atoms with E-state index in [1.54, 1.807) is 12.0 Å². The van der Waals surface area contributed by atoms with Gasteiger partial charge in [-0.15, -0.1) is 0 Å². The molecule has 1 unspecified atom stereocenters. The predicted molar refractivity (Wildman–Crippen MR) is 90.5 cm³/mol.